The first-order valence-electron chi connectivity index (χ1n) is 7.92. The quantitative estimate of drug-likeness (QED) is 0.706. The van der Waals surface area contributed by atoms with Gasteiger partial charge < -0.3 is 0 Å². The molecule has 0 aliphatic rings. The maximum Gasteiger partial charge on any atom is 0.417 e. The van der Waals surface area contributed by atoms with Crippen LogP contribution in [0.3, 0.4) is 0 Å². The molecule has 140 valence electrons. The van der Waals surface area contributed by atoms with Crippen LogP contribution >= 0.6 is 0 Å². The fourth-order valence-corrected chi connectivity index (χ4v) is 3.84. The monoisotopic (exact) mass is 392 g/mol. The van der Waals surface area contributed by atoms with Gasteiger partial charge in [-0.15, -0.1) is 0 Å². The highest BCUT2D eigenvalue weighted by Crippen LogP contribution is 2.33. The van der Waals surface area contributed by atoms with Crippen molar-refractivity contribution in [2.45, 2.75) is 17.6 Å². The molecule has 3 aromatic rings. The van der Waals surface area contributed by atoms with E-state index < -0.39 is 26.7 Å². The fourth-order valence-electron chi connectivity index (χ4n) is 2.60. The van der Waals surface area contributed by atoms with Gasteiger partial charge in [-0.25, -0.2) is 13.1 Å². The largest absolute Gasteiger partial charge is 0.417 e. The SMILES string of the molecule is O=S(=O)(NCc1cccc(-c2ccncc2)c1)c1ccccc1C(F)(F)F. The van der Waals surface area contributed by atoms with Gasteiger partial charge in [0, 0.05) is 18.9 Å². The molecular formula is C19H15F3N2O2S. The molecule has 0 aliphatic heterocycles. The number of halogens is 3. The van der Waals surface area contributed by atoms with Crippen molar-refractivity contribution < 1.29 is 21.6 Å². The van der Waals surface area contributed by atoms with Gasteiger partial charge >= 0.3 is 6.18 Å². The average Bonchev–Trinajstić information content (AvgIpc) is 2.67. The van der Waals surface area contributed by atoms with Crippen LogP contribution in [0, 0.1) is 0 Å². The highest BCUT2D eigenvalue weighted by molar-refractivity contribution is 7.89. The summed E-state index contributed by atoms with van der Waals surface area (Å²) in [6.07, 6.45) is -1.48. The summed E-state index contributed by atoms with van der Waals surface area (Å²) < 4.78 is 66.3. The summed E-state index contributed by atoms with van der Waals surface area (Å²) in [6, 6.07) is 14.8. The number of hydrogen-bond donors (Lipinski definition) is 1. The molecule has 0 aliphatic carbocycles. The molecule has 2 aromatic carbocycles. The van der Waals surface area contributed by atoms with Crippen LogP contribution in [0.1, 0.15) is 11.1 Å². The molecule has 0 bridgehead atoms. The number of pyridine rings is 1. The number of nitrogens with one attached hydrogen (secondary N) is 1. The highest BCUT2D eigenvalue weighted by atomic mass is 32.2. The Bertz CT molecular complexity index is 1040. The van der Waals surface area contributed by atoms with Gasteiger partial charge in [0.05, 0.1) is 10.5 Å². The third-order valence-corrected chi connectivity index (χ3v) is 5.35. The zero-order valence-corrected chi connectivity index (χ0v) is 14.8. The summed E-state index contributed by atoms with van der Waals surface area (Å²) in [4.78, 5) is 3.15. The zero-order valence-electron chi connectivity index (χ0n) is 13.9. The number of aromatic nitrogens is 1. The van der Waals surface area contributed by atoms with Crippen molar-refractivity contribution in [3.8, 4) is 11.1 Å². The maximum absolute atomic E-state index is 13.1. The van der Waals surface area contributed by atoms with Gasteiger partial charge in [0.1, 0.15) is 0 Å². The summed E-state index contributed by atoms with van der Waals surface area (Å²) in [5, 5.41) is 0. The lowest BCUT2D eigenvalue weighted by atomic mass is 10.0. The number of alkyl halides is 3. The first-order valence-corrected chi connectivity index (χ1v) is 9.41. The number of benzene rings is 2. The van der Waals surface area contributed by atoms with E-state index in [1.54, 1.807) is 30.6 Å². The van der Waals surface area contributed by atoms with Gasteiger partial charge in [0.15, 0.2) is 0 Å². The molecule has 4 nitrogen and oxygen atoms in total. The first-order chi connectivity index (χ1) is 12.8. The second-order valence-electron chi connectivity index (χ2n) is 5.75. The van der Waals surface area contributed by atoms with Crippen LogP contribution in [0.15, 0.2) is 78.0 Å². The number of hydrogen-bond acceptors (Lipinski definition) is 3. The number of sulfonamides is 1. The summed E-state index contributed by atoms with van der Waals surface area (Å²) in [5.41, 5.74) is 1.18. The van der Waals surface area contributed by atoms with Gasteiger partial charge in [-0.1, -0.05) is 30.3 Å². The molecule has 3 rings (SSSR count). The lowest BCUT2D eigenvalue weighted by Crippen LogP contribution is -2.26. The third-order valence-electron chi connectivity index (χ3n) is 3.89. The van der Waals surface area contributed by atoms with Crippen LogP contribution < -0.4 is 4.72 Å². The Morgan fingerprint density at radius 2 is 1.59 bits per heavy atom. The van der Waals surface area contributed by atoms with E-state index >= 15 is 0 Å². The van der Waals surface area contributed by atoms with Crippen LogP contribution in [0.5, 0.6) is 0 Å². The molecule has 1 aromatic heterocycles. The maximum atomic E-state index is 13.1. The zero-order chi connectivity index (χ0) is 19.5. The second-order valence-corrected chi connectivity index (χ2v) is 7.49. The number of nitrogens with zero attached hydrogens (tertiary/aromatic N) is 1. The Hall–Kier alpha value is -2.71. The van der Waals surface area contributed by atoms with Crippen LogP contribution in [0.2, 0.25) is 0 Å². The normalized spacial score (nSPS) is 12.1. The predicted octanol–water partition coefficient (Wildman–Crippen LogP) is 4.25. The van der Waals surface area contributed by atoms with Crippen LogP contribution in [0.4, 0.5) is 13.2 Å². The molecule has 8 heteroatoms. The van der Waals surface area contributed by atoms with Crippen molar-refractivity contribution in [2.24, 2.45) is 0 Å². The van der Waals surface area contributed by atoms with Crippen molar-refractivity contribution >= 4 is 10.0 Å². The molecular weight excluding hydrogens is 377 g/mol. The lowest BCUT2D eigenvalue weighted by Gasteiger charge is -2.14. The lowest BCUT2D eigenvalue weighted by molar-refractivity contribution is -0.139. The van der Waals surface area contributed by atoms with Crippen molar-refractivity contribution in [1.82, 2.24) is 9.71 Å². The summed E-state index contributed by atoms with van der Waals surface area (Å²) in [7, 11) is -4.33. The first kappa shape index (κ1) is 19.1. The van der Waals surface area contributed by atoms with E-state index in [1.165, 1.54) is 6.07 Å². The summed E-state index contributed by atoms with van der Waals surface area (Å²) >= 11 is 0. The van der Waals surface area contributed by atoms with Crippen molar-refractivity contribution in [2.75, 3.05) is 0 Å². The molecule has 0 spiro atoms. The minimum absolute atomic E-state index is 0.131. The Morgan fingerprint density at radius 1 is 0.889 bits per heavy atom. The number of rotatable bonds is 5. The summed E-state index contributed by atoms with van der Waals surface area (Å²) in [5.74, 6) is 0. The van der Waals surface area contributed by atoms with Crippen molar-refractivity contribution in [1.29, 1.82) is 0 Å². The van der Waals surface area contributed by atoms with E-state index in [2.05, 4.69) is 9.71 Å². The topological polar surface area (TPSA) is 59.1 Å². The van der Waals surface area contributed by atoms with Gasteiger partial charge in [-0.05, 0) is 47.0 Å². The Morgan fingerprint density at radius 3 is 2.30 bits per heavy atom. The van der Waals surface area contributed by atoms with E-state index in [0.29, 0.717) is 5.56 Å². The highest BCUT2D eigenvalue weighted by Gasteiger charge is 2.36. The smallest absolute Gasteiger partial charge is 0.265 e. The minimum atomic E-state index is -4.76. The molecule has 0 atom stereocenters. The van der Waals surface area contributed by atoms with Crippen molar-refractivity contribution in [3.05, 3.63) is 84.2 Å². The standard InChI is InChI=1S/C19H15F3N2O2S/c20-19(21,22)17-6-1-2-7-18(17)27(25,26)24-13-14-4-3-5-16(12-14)15-8-10-23-11-9-15/h1-12,24H,13H2. The molecule has 0 saturated heterocycles. The average molecular weight is 392 g/mol. The second kappa shape index (κ2) is 7.50. The minimum Gasteiger partial charge on any atom is -0.265 e. The van der Waals surface area contributed by atoms with Gasteiger partial charge in [-0.2, -0.15) is 13.2 Å². The Labute approximate surface area is 154 Å². The van der Waals surface area contributed by atoms with Gasteiger partial charge in [0.25, 0.3) is 0 Å². The Balaban J connectivity index is 1.83. The van der Waals surface area contributed by atoms with E-state index in [1.807, 2.05) is 18.2 Å². The molecule has 0 saturated carbocycles. The molecule has 0 fully saturated rings. The molecule has 0 amide bonds. The predicted molar refractivity (Wildman–Crippen MR) is 95.1 cm³/mol. The fraction of sp³-hybridized carbons (Fsp3) is 0.105. The van der Waals surface area contributed by atoms with Gasteiger partial charge in [0.2, 0.25) is 10.0 Å². The molecule has 1 heterocycles. The van der Waals surface area contributed by atoms with Crippen LogP contribution in [0.25, 0.3) is 11.1 Å². The molecule has 0 unspecified atom stereocenters. The van der Waals surface area contributed by atoms with Crippen LogP contribution in [-0.4, -0.2) is 13.4 Å². The molecule has 1 N–H and O–H groups in total. The van der Waals surface area contributed by atoms with E-state index in [9.17, 15) is 21.6 Å². The van der Waals surface area contributed by atoms with E-state index in [0.717, 1.165) is 29.3 Å². The van der Waals surface area contributed by atoms with E-state index in [4.69, 9.17) is 0 Å². The third kappa shape index (κ3) is 4.53. The van der Waals surface area contributed by atoms with E-state index in [-0.39, 0.29) is 6.54 Å². The Kier molecular flexibility index (Phi) is 5.29. The van der Waals surface area contributed by atoms with Gasteiger partial charge in [-0.3, -0.25) is 4.98 Å². The van der Waals surface area contributed by atoms with Crippen molar-refractivity contribution in [3.63, 3.8) is 0 Å². The molecule has 0 radical (unpaired) electrons. The van der Waals surface area contributed by atoms with Crippen LogP contribution in [-0.2, 0) is 22.7 Å². The molecule has 27 heavy (non-hydrogen) atoms. The summed E-state index contributed by atoms with van der Waals surface area (Å²) in [6.45, 7) is -0.131.